The highest BCUT2D eigenvalue weighted by atomic mass is 32.2. The Kier molecular flexibility index (Phi) is 6.65. The molecule has 0 bridgehead atoms. The van der Waals surface area contributed by atoms with Gasteiger partial charge in [-0.3, -0.25) is 4.79 Å². The van der Waals surface area contributed by atoms with Gasteiger partial charge in [-0.2, -0.15) is 11.8 Å². The predicted octanol–water partition coefficient (Wildman–Crippen LogP) is 2.44. The van der Waals surface area contributed by atoms with Gasteiger partial charge in [-0.1, -0.05) is 0 Å². The van der Waals surface area contributed by atoms with Gasteiger partial charge in [-0.15, -0.1) is 0 Å². The standard InChI is InChI=1S/C14H25NO4S/c1-14(2,3)19-13(17)15-9-10-5-7-20-8-6-11(10)12(16)18-4/h10-11H,5-9H2,1-4H3,(H,15,17)/t10-,11+/m0/s1. The lowest BCUT2D eigenvalue weighted by Crippen LogP contribution is -2.38. The van der Waals surface area contributed by atoms with Crippen LogP contribution in [0.4, 0.5) is 4.79 Å². The number of rotatable bonds is 3. The highest BCUT2D eigenvalue weighted by Crippen LogP contribution is 2.28. The summed E-state index contributed by atoms with van der Waals surface area (Å²) in [5.74, 6) is 1.77. The van der Waals surface area contributed by atoms with Crippen LogP contribution < -0.4 is 5.32 Å². The number of amides is 1. The molecule has 116 valence electrons. The van der Waals surface area contributed by atoms with Gasteiger partial charge in [0.25, 0.3) is 0 Å². The Morgan fingerprint density at radius 1 is 1.25 bits per heavy atom. The molecular weight excluding hydrogens is 278 g/mol. The van der Waals surface area contributed by atoms with Crippen molar-refractivity contribution in [3.8, 4) is 0 Å². The number of carbonyl (C=O) groups excluding carboxylic acids is 2. The van der Waals surface area contributed by atoms with Crippen molar-refractivity contribution in [1.82, 2.24) is 5.32 Å². The molecule has 1 N–H and O–H groups in total. The van der Waals surface area contributed by atoms with E-state index in [2.05, 4.69) is 5.32 Å². The molecule has 1 saturated heterocycles. The number of nitrogens with one attached hydrogen (secondary N) is 1. The minimum absolute atomic E-state index is 0.116. The Morgan fingerprint density at radius 3 is 2.50 bits per heavy atom. The minimum Gasteiger partial charge on any atom is -0.469 e. The summed E-state index contributed by atoms with van der Waals surface area (Å²) in [6.45, 7) is 5.93. The molecule has 0 aromatic heterocycles. The fraction of sp³-hybridized carbons (Fsp3) is 0.857. The van der Waals surface area contributed by atoms with E-state index in [1.807, 2.05) is 32.5 Å². The van der Waals surface area contributed by atoms with Crippen LogP contribution in [0.1, 0.15) is 33.6 Å². The molecule has 0 aliphatic carbocycles. The lowest BCUT2D eigenvalue weighted by Gasteiger charge is -2.24. The second kappa shape index (κ2) is 7.76. The average molecular weight is 303 g/mol. The van der Waals surface area contributed by atoms with Crippen molar-refractivity contribution < 1.29 is 19.1 Å². The molecule has 1 heterocycles. The Hall–Kier alpha value is -0.910. The minimum atomic E-state index is -0.509. The van der Waals surface area contributed by atoms with Gasteiger partial charge in [-0.25, -0.2) is 4.79 Å². The van der Waals surface area contributed by atoms with Crippen molar-refractivity contribution in [3.05, 3.63) is 0 Å². The van der Waals surface area contributed by atoms with Crippen LogP contribution in [-0.4, -0.2) is 42.8 Å². The van der Waals surface area contributed by atoms with E-state index in [0.29, 0.717) is 6.54 Å². The van der Waals surface area contributed by atoms with E-state index in [0.717, 1.165) is 24.3 Å². The Bertz CT molecular complexity index is 341. The summed E-state index contributed by atoms with van der Waals surface area (Å²) in [6.07, 6.45) is 1.27. The number of methoxy groups -OCH3 is 1. The van der Waals surface area contributed by atoms with Crippen molar-refractivity contribution in [2.24, 2.45) is 11.8 Å². The van der Waals surface area contributed by atoms with E-state index in [1.165, 1.54) is 7.11 Å². The van der Waals surface area contributed by atoms with E-state index < -0.39 is 11.7 Å². The molecule has 20 heavy (non-hydrogen) atoms. The van der Waals surface area contributed by atoms with Crippen LogP contribution in [0.3, 0.4) is 0 Å². The van der Waals surface area contributed by atoms with E-state index in [-0.39, 0.29) is 17.8 Å². The predicted molar refractivity (Wildman–Crippen MR) is 79.8 cm³/mol. The van der Waals surface area contributed by atoms with Crippen LogP contribution in [-0.2, 0) is 14.3 Å². The number of carbonyl (C=O) groups is 2. The van der Waals surface area contributed by atoms with Gasteiger partial charge in [0, 0.05) is 6.54 Å². The number of alkyl carbamates (subject to hydrolysis) is 1. The molecule has 5 nitrogen and oxygen atoms in total. The van der Waals surface area contributed by atoms with Crippen molar-refractivity contribution in [2.45, 2.75) is 39.2 Å². The van der Waals surface area contributed by atoms with E-state index in [9.17, 15) is 9.59 Å². The zero-order valence-electron chi connectivity index (χ0n) is 12.7. The molecule has 6 heteroatoms. The first-order valence-electron chi connectivity index (χ1n) is 6.96. The molecule has 1 fully saturated rings. The van der Waals surface area contributed by atoms with Gasteiger partial charge in [-0.05, 0) is 51.0 Å². The first-order chi connectivity index (χ1) is 9.33. The third kappa shape index (κ3) is 6.03. The Balaban J connectivity index is 2.53. The molecule has 0 saturated carbocycles. The molecule has 0 unspecified atom stereocenters. The van der Waals surface area contributed by atoms with E-state index in [4.69, 9.17) is 9.47 Å². The number of thioether (sulfide) groups is 1. The molecule has 1 amide bonds. The lowest BCUT2D eigenvalue weighted by atomic mass is 9.88. The maximum atomic E-state index is 11.8. The first-order valence-corrected chi connectivity index (χ1v) is 8.11. The number of ether oxygens (including phenoxy) is 2. The van der Waals surface area contributed by atoms with Gasteiger partial charge in [0.05, 0.1) is 13.0 Å². The van der Waals surface area contributed by atoms with Crippen LogP contribution in [0.5, 0.6) is 0 Å². The molecular formula is C14H25NO4S. The monoisotopic (exact) mass is 303 g/mol. The molecule has 2 atom stereocenters. The van der Waals surface area contributed by atoms with Gasteiger partial charge in [0.15, 0.2) is 0 Å². The smallest absolute Gasteiger partial charge is 0.407 e. The maximum Gasteiger partial charge on any atom is 0.407 e. The van der Waals surface area contributed by atoms with Crippen LogP contribution in [0.15, 0.2) is 0 Å². The molecule has 1 aliphatic heterocycles. The Labute approximate surface area is 125 Å². The van der Waals surface area contributed by atoms with Crippen LogP contribution in [0, 0.1) is 11.8 Å². The van der Waals surface area contributed by atoms with Gasteiger partial charge in [0.2, 0.25) is 0 Å². The SMILES string of the molecule is COC(=O)[C@@H]1CCSCC[C@H]1CNC(=O)OC(C)(C)C. The van der Waals surface area contributed by atoms with Crippen molar-refractivity contribution in [2.75, 3.05) is 25.2 Å². The average Bonchev–Trinajstić information content (AvgIpc) is 2.58. The van der Waals surface area contributed by atoms with E-state index in [1.54, 1.807) is 0 Å². The van der Waals surface area contributed by atoms with Gasteiger partial charge < -0.3 is 14.8 Å². The second-order valence-corrected chi connectivity index (χ2v) is 7.19. The molecule has 0 radical (unpaired) electrons. The first kappa shape index (κ1) is 17.1. The number of hydrogen-bond donors (Lipinski definition) is 1. The van der Waals surface area contributed by atoms with Crippen molar-refractivity contribution in [3.63, 3.8) is 0 Å². The largest absolute Gasteiger partial charge is 0.469 e. The summed E-state index contributed by atoms with van der Waals surface area (Å²) in [5.41, 5.74) is -0.509. The van der Waals surface area contributed by atoms with Crippen molar-refractivity contribution >= 4 is 23.8 Å². The van der Waals surface area contributed by atoms with Gasteiger partial charge in [0.1, 0.15) is 5.60 Å². The molecule has 0 aromatic carbocycles. The lowest BCUT2D eigenvalue weighted by molar-refractivity contribution is -0.147. The third-order valence-corrected chi connectivity index (χ3v) is 4.24. The van der Waals surface area contributed by atoms with Gasteiger partial charge >= 0.3 is 12.1 Å². The quantitative estimate of drug-likeness (QED) is 0.811. The second-order valence-electron chi connectivity index (χ2n) is 5.96. The van der Waals surface area contributed by atoms with Crippen LogP contribution in [0.2, 0.25) is 0 Å². The molecule has 1 aliphatic rings. The summed E-state index contributed by atoms with van der Waals surface area (Å²) in [4.78, 5) is 23.5. The maximum absolute atomic E-state index is 11.8. The fourth-order valence-corrected chi connectivity index (χ4v) is 3.31. The zero-order chi connectivity index (χ0) is 15.2. The summed E-state index contributed by atoms with van der Waals surface area (Å²) >= 11 is 1.84. The molecule has 0 spiro atoms. The Morgan fingerprint density at radius 2 is 1.90 bits per heavy atom. The normalized spacial score (nSPS) is 23.6. The van der Waals surface area contributed by atoms with Crippen LogP contribution in [0.25, 0.3) is 0 Å². The summed E-state index contributed by atoms with van der Waals surface area (Å²) in [7, 11) is 1.42. The summed E-state index contributed by atoms with van der Waals surface area (Å²) in [6, 6.07) is 0. The topological polar surface area (TPSA) is 64.6 Å². The fourth-order valence-electron chi connectivity index (χ4n) is 2.22. The van der Waals surface area contributed by atoms with Crippen LogP contribution >= 0.6 is 11.8 Å². The molecule has 1 rings (SSSR count). The highest BCUT2D eigenvalue weighted by Gasteiger charge is 2.31. The summed E-state index contributed by atoms with van der Waals surface area (Å²) in [5, 5.41) is 2.77. The van der Waals surface area contributed by atoms with E-state index >= 15 is 0 Å². The number of hydrogen-bond acceptors (Lipinski definition) is 5. The summed E-state index contributed by atoms with van der Waals surface area (Å²) < 4.78 is 10.1. The highest BCUT2D eigenvalue weighted by molar-refractivity contribution is 7.99. The zero-order valence-corrected chi connectivity index (χ0v) is 13.5. The third-order valence-electron chi connectivity index (χ3n) is 3.19. The van der Waals surface area contributed by atoms with Crippen molar-refractivity contribution in [1.29, 1.82) is 0 Å². The number of esters is 1. The molecule has 0 aromatic rings.